The van der Waals surface area contributed by atoms with Gasteiger partial charge in [0.1, 0.15) is 24.5 Å². The number of halogens is 3. The molecule has 44 heavy (non-hydrogen) atoms. The summed E-state index contributed by atoms with van der Waals surface area (Å²) in [7, 11) is 0. The van der Waals surface area contributed by atoms with Gasteiger partial charge in [-0.15, -0.1) is 0 Å². The Morgan fingerprint density at radius 3 is 2.34 bits per heavy atom. The van der Waals surface area contributed by atoms with Gasteiger partial charge in [-0.05, 0) is 35.7 Å². The van der Waals surface area contributed by atoms with Crippen LogP contribution in [0.5, 0.6) is 0 Å². The van der Waals surface area contributed by atoms with Crippen LogP contribution >= 0.6 is 0 Å². The molecule has 0 saturated carbocycles. The van der Waals surface area contributed by atoms with Crippen LogP contribution in [-0.2, 0) is 31.8 Å². The number of cyclic esters (lactones) is 1. The minimum atomic E-state index is -4.55. The number of benzene rings is 3. The number of nitrogens with one attached hydrogen (secondary N) is 1. The SMILES string of the molecule is CC(=O)C[C@H](C(=O)NCc1cccc(C(F)(F)F)c1)N1C(=O)[C@@H](N2C(=O)OC[C@@H]2c2ccccc2)[C@H]1/C=C/c1ccccc1. The summed E-state index contributed by atoms with van der Waals surface area (Å²) < 4.78 is 44.9. The standard InChI is InChI=1S/C33H30F3N3O5/c1-21(40)17-27(30(41)37-19-23-11-8-14-25(18-23)33(34,35)36)38-26(16-15-22-9-4-2-5-10-22)29(31(38)42)39-28(20-44-32(39)43)24-12-6-3-7-13-24/h2-16,18,26-29H,17,19-20H2,1H3,(H,37,41)/b16-15+/t26-,27-,28-,29+/m1/s1. The van der Waals surface area contributed by atoms with E-state index in [9.17, 15) is 32.3 Å². The van der Waals surface area contributed by atoms with Gasteiger partial charge in [0.05, 0.1) is 17.6 Å². The fourth-order valence-electron chi connectivity index (χ4n) is 5.56. The highest BCUT2D eigenvalue weighted by Gasteiger charge is 2.58. The smallest absolute Gasteiger partial charge is 0.416 e. The van der Waals surface area contributed by atoms with Crippen molar-refractivity contribution in [3.05, 3.63) is 113 Å². The Morgan fingerprint density at radius 2 is 1.68 bits per heavy atom. The zero-order valence-electron chi connectivity index (χ0n) is 23.7. The van der Waals surface area contributed by atoms with Gasteiger partial charge in [0.15, 0.2) is 0 Å². The van der Waals surface area contributed by atoms with E-state index in [1.807, 2.05) is 60.7 Å². The van der Waals surface area contributed by atoms with Crippen LogP contribution in [0.15, 0.2) is 91.0 Å². The summed E-state index contributed by atoms with van der Waals surface area (Å²) in [5, 5.41) is 2.59. The first kappa shape index (κ1) is 30.5. The number of β-lactam (4-membered cyclic amide) rings is 1. The van der Waals surface area contributed by atoms with Gasteiger partial charge < -0.3 is 15.0 Å². The van der Waals surface area contributed by atoms with Crippen molar-refractivity contribution >= 4 is 29.8 Å². The van der Waals surface area contributed by atoms with E-state index >= 15 is 0 Å². The van der Waals surface area contributed by atoms with Crippen LogP contribution in [0, 0.1) is 0 Å². The van der Waals surface area contributed by atoms with Crippen molar-refractivity contribution in [2.45, 2.75) is 50.2 Å². The normalized spacial score (nSPS) is 20.8. The number of likely N-dealkylation sites (tertiary alicyclic amines) is 1. The zero-order valence-corrected chi connectivity index (χ0v) is 23.7. The van der Waals surface area contributed by atoms with Crippen molar-refractivity contribution in [2.75, 3.05) is 6.61 Å². The van der Waals surface area contributed by atoms with Crippen LogP contribution in [0.25, 0.3) is 6.08 Å². The largest absolute Gasteiger partial charge is 0.447 e. The van der Waals surface area contributed by atoms with Gasteiger partial charge in [-0.2, -0.15) is 13.2 Å². The molecular weight excluding hydrogens is 575 g/mol. The highest BCUT2D eigenvalue weighted by Crippen LogP contribution is 2.39. The number of ether oxygens (including phenoxy) is 1. The second kappa shape index (κ2) is 12.7. The van der Waals surface area contributed by atoms with Gasteiger partial charge in [-0.3, -0.25) is 19.3 Å². The lowest BCUT2D eigenvalue weighted by atomic mass is 9.87. The summed E-state index contributed by atoms with van der Waals surface area (Å²) in [6.07, 6.45) is -2.08. The molecule has 11 heteroatoms. The fraction of sp³-hybridized carbons (Fsp3) is 0.273. The molecule has 0 aliphatic carbocycles. The maximum Gasteiger partial charge on any atom is 0.416 e. The lowest BCUT2D eigenvalue weighted by Gasteiger charge is -2.52. The van der Waals surface area contributed by atoms with Gasteiger partial charge in [0, 0.05) is 13.0 Å². The van der Waals surface area contributed by atoms with E-state index < -0.39 is 53.8 Å². The molecular formula is C33H30F3N3O5. The number of amides is 3. The van der Waals surface area contributed by atoms with Gasteiger partial charge in [0.2, 0.25) is 11.8 Å². The van der Waals surface area contributed by atoms with Crippen LogP contribution in [0.3, 0.4) is 0 Å². The maximum atomic E-state index is 13.9. The van der Waals surface area contributed by atoms with Crippen LogP contribution in [0.1, 0.15) is 41.6 Å². The van der Waals surface area contributed by atoms with Crippen LogP contribution in [0.4, 0.5) is 18.0 Å². The lowest BCUT2D eigenvalue weighted by molar-refractivity contribution is -0.163. The number of rotatable bonds is 10. The molecule has 0 radical (unpaired) electrons. The molecule has 0 unspecified atom stereocenters. The van der Waals surface area contributed by atoms with E-state index in [4.69, 9.17) is 4.74 Å². The highest BCUT2D eigenvalue weighted by atomic mass is 19.4. The number of hydrogen-bond donors (Lipinski definition) is 1. The summed E-state index contributed by atoms with van der Waals surface area (Å²) >= 11 is 0. The Kier molecular flexibility index (Phi) is 8.84. The number of ketones is 1. The molecule has 3 aromatic rings. The van der Waals surface area contributed by atoms with Gasteiger partial charge in [-0.1, -0.05) is 84.9 Å². The first-order valence-corrected chi connectivity index (χ1v) is 14.0. The van der Waals surface area contributed by atoms with Crippen LogP contribution in [0.2, 0.25) is 0 Å². The Hall–Kier alpha value is -4.93. The van der Waals surface area contributed by atoms with Crippen LogP contribution in [-0.4, -0.2) is 58.2 Å². The maximum absolute atomic E-state index is 13.9. The first-order valence-electron chi connectivity index (χ1n) is 14.0. The van der Waals surface area contributed by atoms with E-state index in [1.54, 1.807) is 12.2 Å². The topological polar surface area (TPSA) is 96.0 Å². The third-order valence-corrected chi connectivity index (χ3v) is 7.67. The zero-order chi connectivity index (χ0) is 31.4. The summed E-state index contributed by atoms with van der Waals surface area (Å²) in [6, 6.07) is 19.3. The van der Waals surface area contributed by atoms with E-state index in [1.165, 1.54) is 28.9 Å². The molecule has 3 amide bonds. The first-order chi connectivity index (χ1) is 21.0. The molecule has 228 valence electrons. The molecule has 2 heterocycles. The molecule has 0 spiro atoms. The molecule has 3 aromatic carbocycles. The van der Waals surface area contributed by atoms with E-state index in [2.05, 4.69) is 5.32 Å². The summed E-state index contributed by atoms with van der Waals surface area (Å²) in [5.74, 6) is -1.62. The molecule has 2 fully saturated rings. The predicted molar refractivity (Wildman–Crippen MR) is 155 cm³/mol. The Bertz CT molecular complexity index is 1560. The van der Waals surface area contributed by atoms with E-state index in [-0.39, 0.29) is 30.9 Å². The summed E-state index contributed by atoms with van der Waals surface area (Å²) in [5.41, 5.74) is 0.927. The lowest BCUT2D eigenvalue weighted by Crippen LogP contribution is -2.74. The second-order valence-electron chi connectivity index (χ2n) is 10.7. The van der Waals surface area contributed by atoms with Crippen LogP contribution < -0.4 is 5.32 Å². The molecule has 2 saturated heterocycles. The molecule has 8 nitrogen and oxygen atoms in total. The van der Waals surface area contributed by atoms with Gasteiger partial charge >= 0.3 is 12.3 Å². The third-order valence-electron chi connectivity index (χ3n) is 7.67. The molecule has 2 aliphatic rings. The highest BCUT2D eigenvalue weighted by molar-refractivity contribution is 5.99. The van der Waals surface area contributed by atoms with Crippen molar-refractivity contribution in [1.82, 2.24) is 15.1 Å². The van der Waals surface area contributed by atoms with E-state index in [0.717, 1.165) is 23.3 Å². The minimum Gasteiger partial charge on any atom is -0.447 e. The molecule has 1 N–H and O–H groups in total. The second-order valence-corrected chi connectivity index (χ2v) is 10.7. The van der Waals surface area contributed by atoms with Crippen molar-refractivity contribution in [3.8, 4) is 0 Å². The molecule has 2 aliphatic heterocycles. The molecule has 4 atom stereocenters. The number of alkyl halides is 3. The molecule has 5 rings (SSSR count). The van der Waals surface area contributed by atoms with Crippen molar-refractivity contribution in [2.24, 2.45) is 0 Å². The Balaban J connectivity index is 1.44. The van der Waals surface area contributed by atoms with Gasteiger partial charge in [0.25, 0.3) is 0 Å². The Morgan fingerprint density at radius 1 is 1.00 bits per heavy atom. The average Bonchev–Trinajstić information content (AvgIpc) is 3.38. The van der Waals surface area contributed by atoms with E-state index in [0.29, 0.717) is 0 Å². The summed E-state index contributed by atoms with van der Waals surface area (Å²) in [4.78, 5) is 55.3. The fourth-order valence-corrected chi connectivity index (χ4v) is 5.56. The summed E-state index contributed by atoms with van der Waals surface area (Å²) in [6.45, 7) is 1.07. The van der Waals surface area contributed by atoms with Gasteiger partial charge in [-0.25, -0.2) is 4.79 Å². The van der Waals surface area contributed by atoms with Crippen molar-refractivity contribution < 1.29 is 37.1 Å². The number of carbonyl (C=O) groups is 4. The molecule has 0 bridgehead atoms. The minimum absolute atomic E-state index is 0.0378. The monoisotopic (exact) mass is 605 g/mol. The molecule has 0 aromatic heterocycles. The number of Topliss-reactive ketones (excluding diaryl/α,β-unsaturated/α-hetero) is 1. The third kappa shape index (κ3) is 6.51. The van der Waals surface area contributed by atoms with Crippen molar-refractivity contribution in [1.29, 1.82) is 0 Å². The van der Waals surface area contributed by atoms with Crippen molar-refractivity contribution in [3.63, 3.8) is 0 Å². The quantitative estimate of drug-likeness (QED) is 0.323. The average molecular weight is 606 g/mol. The predicted octanol–water partition coefficient (Wildman–Crippen LogP) is 5.16. The number of nitrogens with zero attached hydrogens (tertiary/aromatic N) is 2. The Labute approximate surface area is 252 Å². The number of hydrogen-bond acceptors (Lipinski definition) is 5. The number of carbonyl (C=O) groups excluding carboxylic acids is 4.